The first-order valence-electron chi connectivity index (χ1n) is 17.7. The molecule has 0 spiro atoms. The molecule has 1 aliphatic carbocycles. The summed E-state index contributed by atoms with van der Waals surface area (Å²) >= 11 is 0. The molecule has 0 unspecified atom stereocenters. The van der Waals surface area contributed by atoms with Crippen molar-refractivity contribution in [1.82, 2.24) is 0 Å². The normalized spacial score (nSPS) is 14.5. The maximum atomic E-state index is 12.3. The van der Waals surface area contributed by atoms with E-state index in [1.54, 1.807) is 24.3 Å². The number of aromatic hydroxyl groups is 4. The summed E-state index contributed by atoms with van der Waals surface area (Å²) in [5.74, 6) is -1.07. The standard InChI is InChI=1S/C40H36N4O12S2.Na/c1-55-32-18-24(8-12-30(32)41-43-36-34(57(49,50)51)16-22-6-10-26(45)20-28(22)38(36)47)40(14-4-3-5-15-40)25-9-13-31(33(19-25)56-2)42-44-37-35(58(52,53)54)17-23-7-11-27(46)21-29(23)39(37)48;/h6-13,16-21,45-48H,3-5,14-15H2,1-2H3,(H,49,50,51)(H,52,53,54);. The third-order valence-electron chi connectivity index (χ3n) is 10.3. The van der Waals surface area contributed by atoms with Crippen molar-refractivity contribution in [3.8, 4) is 34.5 Å². The molecule has 19 heteroatoms. The van der Waals surface area contributed by atoms with Gasteiger partial charge in [-0.25, -0.2) is 0 Å². The van der Waals surface area contributed by atoms with E-state index < -0.39 is 58.3 Å². The molecule has 1 saturated carbocycles. The van der Waals surface area contributed by atoms with Gasteiger partial charge in [-0.2, -0.15) is 16.8 Å². The molecule has 0 heterocycles. The van der Waals surface area contributed by atoms with Gasteiger partial charge in [0.25, 0.3) is 20.2 Å². The molecule has 6 aromatic rings. The van der Waals surface area contributed by atoms with Crippen molar-refractivity contribution < 1.29 is 55.8 Å². The predicted molar refractivity (Wildman–Crippen MR) is 218 cm³/mol. The maximum Gasteiger partial charge on any atom is 0.296 e. The van der Waals surface area contributed by atoms with E-state index in [0.717, 1.165) is 55.4 Å². The molecule has 301 valence electrons. The smallest absolute Gasteiger partial charge is 0.296 e. The van der Waals surface area contributed by atoms with Gasteiger partial charge >= 0.3 is 0 Å². The molecular weight excluding hydrogens is 816 g/mol. The van der Waals surface area contributed by atoms with Crippen molar-refractivity contribution in [2.75, 3.05) is 14.2 Å². The Morgan fingerprint density at radius 3 is 1.32 bits per heavy atom. The Bertz CT molecular complexity index is 2730. The van der Waals surface area contributed by atoms with E-state index in [9.17, 15) is 46.4 Å². The van der Waals surface area contributed by atoms with E-state index in [0.29, 0.717) is 0 Å². The number of rotatable bonds is 10. The quantitative estimate of drug-likeness (QED) is 0.0429. The van der Waals surface area contributed by atoms with Crippen molar-refractivity contribution in [1.29, 1.82) is 0 Å². The fraction of sp³-hybridized carbons (Fsp3) is 0.200. The molecule has 0 aliphatic heterocycles. The maximum absolute atomic E-state index is 12.3. The summed E-state index contributed by atoms with van der Waals surface area (Å²) in [6.45, 7) is 0. The minimum absolute atomic E-state index is 0. The second-order valence-corrected chi connectivity index (χ2v) is 16.5. The summed E-state index contributed by atoms with van der Waals surface area (Å²) in [5.41, 5.74) is 0.413. The van der Waals surface area contributed by atoms with Gasteiger partial charge in [0.2, 0.25) is 0 Å². The Kier molecular flexibility index (Phi) is 12.3. The third-order valence-corrected chi connectivity index (χ3v) is 12.0. The molecule has 0 atom stereocenters. The van der Waals surface area contributed by atoms with Crippen LogP contribution in [-0.4, -0.2) is 90.1 Å². The summed E-state index contributed by atoms with van der Waals surface area (Å²) in [4.78, 5) is -1.37. The molecule has 1 fully saturated rings. The van der Waals surface area contributed by atoms with Crippen LogP contribution in [0.15, 0.2) is 115 Å². The molecule has 6 aromatic carbocycles. The van der Waals surface area contributed by atoms with Crippen LogP contribution in [0.3, 0.4) is 0 Å². The number of ether oxygens (including phenoxy) is 2. The summed E-state index contributed by atoms with van der Waals surface area (Å²) in [7, 11) is -6.88. The number of phenolic OH excluding ortho intramolecular Hbond substituents is 4. The summed E-state index contributed by atoms with van der Waals surface area (Å²) < 4.78 is 80.7. The van der Waals surface area contributed by atoms with Crippen LogP contribution in [0.4, 0.5) is 22.7 Å². The van der Waals surface area contributed by atoms with Gasteiger partial charge in [-0.15, -0.1) is 20.5 Å². The summed E-state index contributed by atoms with van der Waals surface area (Å²) in [6, 6.07) is 20.6. The third kappa shape index (κ3) is 8.42. The minimum atomic E-state index is -4.87. The van der Waals surface area contributed by atoms with Crippen LogP contribution in [0, 0.1) is 0 Å². The minimum Gasteiger partial charge on any atom is -0.508 e. The Hall–Kier alpha value is -5.34. The Labute approximate surface area is 360 Å². The molecule has 0 saturated heterocycles. The fourth-order valence-electron chi connectivity index (χ4n) is 7.47. The number of azo groups is 2. The number of fused-ring (bicyclic) bond motifs is 2. The summed E-state index contributed by atoms with van der Waals surface area (Å²) in [6.07, 6.45) is 4.23. The van der Waals surface area contributed by atoms with Gasteiger partial charge in [0.05, 0.1) is 14.2 Å². The molecule has 16 nitrogen and oxygen atoms in total. The van der Waals surface area contributed by atoms with Crippen LogP contribution in [0.2, 0.25) is 0 Å². The Balaban J connectivity index is 0.00000585. The molecule has 7 rings (SSSR count). The van der Waals surface area contributed by atoms with Crippen LogP contribution < -0.4 is 9.47 Å². The molecule has 0 bridgehead atoms. The zero-order valence-electron chi connectivity index (χ0n) is 31.9. The predicted octanol–water partition coefficient (Wildman–Crippen LogP) is 9.03. The van der Waals surface area contributed by atoms with Crippen LogP contribution >= 0.6 is 0 Å². The SMILES string of the molecule is COc1cc(C2(c3ccc(N=Nc4c(S(=O)(=O)O)cc5ccc(O)cc5c4O)c(OC)c3)CCCCC2)ccc1N=Nc1c(S(=O)(=O)O)cc2ccc(O)cc2c1O.[Na]. The first kappa shape index (κ1) is 43.2. The topological polar surface area (TPSA) is 258 Å². The molecule has 6 N–H and O–H groups in total. The van der Waals surface area contributed by atoms with Crippen LogP contribution in [-0.2, 0) is 25.7 Å². The number of benzene rings is 6. The molecule has 59 heavy (non-hydrogen) atoms. The van der Waals surface area contributed by atoms with Gasteiger partial charge in [-0.3, -0.25) is 9.11 Å². The number of phenols is 4. The van der Waals surface area contributed by atoms with Gasteiger partial charge in [0, 0.05) is 45.7 Å². The van der Waals surface area contributed by atoms with E-state index >= 15 is 0 Å². The van der Waals surface area contributed by atoms with E-state index in [1.165, 1.54) is 50.6 Å². The van der Waals surface area contributed by atoms with Gasteiger partial charge in [0.15, 0.2) is 11.5 Å². The van der Waals surface area contributed by atoms with E-state index in [2.05, 4.69) is 20.5 Å². The molecule has 1 radical (unpaired) electrons. The van der Waals surface area contributed by atoms with Gasteiger partial charge in [-0.05, 0) is 95.4 Å². The largest absolute Gasteiger partial charge is 0.508 e. The van der Waals surface area contributed by atoms with Crippen molar-refractivity contribution in [2.24, 2.45) is 20.5 Å². The molecular formula is C40H36N4NaO12S2. The Morgan fingerprint density at radius 2 is 0.949 bits per heavy atom. The monoisotopic (exact) mass is 851 g/mol. The number of hydrogen-bond donors (Lipinski definition) is 6. The van der Waals surface area contributed by atoms with Crippen LogP contribution in [0.5, 0.6) is 34.5 Å². The Morgan fingerprint density at radius 1 is 0.542 bits per heavy atom. The number of hydrogen-bond acceptors (Lipinski definition) is 14. The van der Waals surface area contributed by atoms with E-state index in [1.807, 2.05) is 12.1 Å². The second kappa shape index (κ2) is 16.7. The second-order valence-electron chi connectivity index (χ2n) is 13.7. The molecule has 1 aliphatic rings. The van der Waals surface area contributed by atoms with Crippen molar-refractivity contribution in [3.05, 3.63) is 96.1 Å². The van der Waals surface area contributed by atoms with Gasteiger partial charge in [-0.1, -0.05) is 43.5 Å². The molecule has 0 amide bonds. The zero-order chi connectivity index (χ0) is 41.6. The van der Waals surface area contributed by atoms with Crippen molar-refractivity contribution in [2.45, 2.75) is 47.3 Å². The van der Waals surface area contributed by atoms with Crippen molar-refractivity contribution in [3.63, 3.8) is 0 Å². The zero-order valence-corrected chi connectivity index (χ0v) is 35.5. The fourth-order valence-corrected chi connectivity index (χ4v) is 8.78. The molecule has 0 aromatic heterocycles. The number of methoxy groups -OCH3 is 2. The first-order chi connectivity index (χ1) is 27.5. The van der Waals surface area contributed by atoms with Crippen LogP contribution in [0.1, 0.15) is 43.2 Å². The van der Waals surface area contributed by atoms with E-state index in [-0.39, 0.29) is 85.5 Å². The number of nitrogens with zero attached hydrogens (tertiary/aromatic N) is 4. The first-order valence-corrected chi connectivity index (χ1v) is 20.5. The summed E-state index contributed by atoms with van der Waals surface area (Å²) in [5, 5.41) is 59.0. The average molecular weight is 852 g/mol. The van der Waals surface area contributed by atoms with Crippen molar-refractivity contribution >= 4 is 94.1 Å². The average Bonchev–Trinajstić information content (AvgIpc) is 3.19. The van der Waals surface area contributed by atoms with Gasteiger partial charge < -0.3 is 29.9 Å². The van der Waals surface area contributed by atoms with E-state index in [4.69, 9.17) is 9.47 Å². The van der Waals surface area contributed by atoms with Crippen LogP contribution in [0.25, 0.3) is 21.5 Å². The van der Waals surface area contributed by atoms with Gasteiger partial charge in [0.1, 0.15) is 55.5 Å².